The van der Waals surface area contributed by atoms with Gasteiger partial charge in [-0.25, -0.2) is 9.59 Å². The van der Waals surface area contributed by atoms with Crippen LogP contribution in [0.5, 0.6) is 0 Å². The number of alkyl halides is 2. The molecule has 0 aliphatic carbocycles. The first-order chi connectivity index (χ1) is 24.9. The number of aliphatic hydroxyl groups excluding tert-OH is 3. The Morgan fingerprint density at radius 1 is 0.722 bits per heavy atom. The van der Waals surface area contributed by atoms with Gasteiger partial charge in [0.1, 0.15) is 17.8 Å². The number of amides is 2. The highest BCUT2D eigenvalue weighted by Gasteiger charge is 2.24. The molecule has 0 rings (SSSR count). The smallest absolute Gasteiger partial charge is 0.410 e. The van der Waals surface area contributed by atoms with Crippen molar-refractivity contribution in [3.05, 3.63) is 0 Å². The Morgan fingerprint density at radius 2 is 1.09 bits per heavy atom. The Labute approximate surface area is 348 Å². The summed E-state index contributed by atoms with van der Waals surface area (Å²) in [6.07, 6.45) is 12.3. The molecular formula is C40H82Br2N4O8. The number of nitrogens with zero attached hydrogens (tertiary/aromatic N) is 2. The van der Waals surface area contributed by atoms with E-state index in [4.69, 9.17) is 48.1 Å². The van der Waals surface area contributed by atoms with Gasteiger partial charge in [0, 0.05) is 63.0 Å². The average molecular weight is 907 g/mol. The van der Waals surface area contributed by atoms with Gasteiger partial charge >= 0.3 is 12.2 Å². The van der Waals surface area contributed by atoms with Crippen molar-refractivity contribution in [3.63, 3.8) is 0 Å². The lowest BCUT2D eigenvalue weighted by molar-refractivity contribution is 0.0163. The fourth-order valence-corrected chi connectivity index (χ4v) is 3.25. The molecule has 0 fully saturated rings. The Bertz CT molecular complexity index is 894. The van der Waals surface area contributed by atoms with E-state index >= 15 is 0 Å². The number of hydrogen-bond donors (Lipinski definition) is 5. The molecule has 14 heteroatoms. The van der Waals surface area contributed by atoms with Crippen LogP contribution in [0.1, 0.15) is 123 Å². The van der Waals surface area contributed by atoms with E-state index in [1.54, 1.807) is 9.80 Å². The maximum atomic E-state index is 12.0. The van der Waals surface area contributed by atoms with Gasteiger partial charge in [0.15, 0.2) is 0 Å². The number of carbonyl (C=O) groups excluding carboxylic acids is 2. The molecule has 0 saturated carbocycles. The molecule has 0 aromatic rings. The lowest BCUT2D eigenvalue weighted by Crippen LogP contribution is -2.41. The molecule has 0 aliphatic rings. The molecule has 0 unspecified atom stereocenters. The molecule has 0 radical (unpaired) electrons. The fraction of sp³-hybridized carbons (Fsp3) is 0.850. The molecule has 0 saturated heterocycles. The van der Waals surface area contributed by atoms with Gasteiger partial charge in [0.2, 0.25) is 0 Å². The molecule has 0 atom stereocenters. The van der Waals surface area contributed by atoms with Crippen molar-refractivity contribution in [2.24, 2.45) is 5.73 Å². The lowest BCUT2D eigenvalue weighted by atomic mass is 10.2. The zero-order valence-corrected chi connectivity index (χ0v) is 39.6. The maximum Gasteiger partial charge on any atom is 0.410 e. The summed E-state index contributed by atoms with van der Waals surface area (Å²) in [6.45, 7) is 30.6. The number of nitrogens with one attached hydrogen (secondary N) is 1. The normalized spacial score (nSPS) is 10.3. The van der Waals surface area contributed by atoms with Crippen molar-refractivity contribution in [3.8, 4) is 24.7 Å². The number of nitrogens with two attached hydrogens (primary N) is 1. The van der Waals surface area contributed by atoms with Crippen molar-refractivity contribution in [1.82, 2.24) is 15.1 Å². The van der Waals surface area contributed by atoms with Crippen LogP contribution in [-0.2, 0) is 14.2 Å². The zero-order valence-electron chi connectivity index (χ0n) is 36.5. The van der Waals surface area contributed by atoms with E-state index in [1.165, 1.54) is 0 Å². The van der Waals surface area contributed by atoms with Gasteiger partial charge in [-0.15, -0.1) is 12.8 Å². The molecule has 0 bridgehead atoms. The van der Waals surface area contributed by atoms with Gasteiger partial charge in [0.05, 0.1) is 5.33 Å². The van der Waals surface area contributed by atoms with Gasteiger partial charge in [-0.2, -0.15) is 0 Å². The van der Waals surface area contributed by atoms with Gasteiger partial charge in [-0.3, -0.25) is 0 Å². The first-order valence-electron chi connectivity index (χ1n) is 18.8. The molecule has 0 spiro atoms. The van der Waals surface area contributed by atoms with Crippen LogP contribution in [0.15, 0.2) is 0 Å². The van der Waals surface area contributed by atoms with E-state index < -0.39 is 11.2 Å². The van der Waals surface area contributed by atoms with Gasteiger partial charge < -0.3 is 50.4 Å². The fourth-order valence-electron chi connectivity index (χ4n) is 3.00. The van der Waals surface area contributed by atoms with Gasteiger partial charge in [-0.1, -0.05) is 71.4 Å². The van der Waals surface area contributed by atoms with Crippen molar-refractivity contribution in [1.29, 1.82) is 0 Å². The van der Waals surface area contributed by atoms with E-state index in [-0.39, 0.29) is 30.9 Å². The SMILES string of the molecule is C#CCBr.C#CCOCCCN(C(=O)OC(C)(C)C)C(C)C.CC(C)N.CC(C)N(CCCO)C(=O)OC(C)(C)C.CC(C)NCCCO.OCCCBr. The average Bonchev–Trinajstić information content (AvgIpc) is 3.02. The number of rotatable bonds is 16. The van der Waals surface area contributed by atoms with E-state index in [1.807, 2.05) is 83.1 Å². The molecule has 0 heterocycles. The summed E-state index contributed by atoms with van der Waals surface area (Å²) < 4.78 is 15.8. The van der Waals surface area contributed by atoms with Gasteiger partial charge in [-0.05, 0) is 108 Å². The summed E-state index contributed by atoms with van der Waals surface area (Å²) in [7, 11) is 0. The minimum atomic E-state index is -0.469. The Kier molecular flexibility index (Phi) is 52.5. The largest absolute Gasteiger partial charge is 0.444 e. The molecule has 324 valence electrons. The first-order valence-corrected chi connectivity index (χ1v) is 21.0. The summed E-state index contributed by atoms with van der Waals surface area (Å²) in [4.78, 5) is 27.0. The van der Waals surface area contributed by atoms with Crippen LogP contribution < -0.4 is 11.1 Å². The van der Waals surface area contributed by atoms with Crippen LogP contribution in [0.3, 0.4) is 0 Å². The Morgan fingerprint density at radius 3 is 1.33 bits per heavy atom. The predicted octanol–water partition coefficient (Wildman–Crippen LogP) is 7.18. The van der Waals surface area contributed by atoms with Crippen LogP contribution in [0.2, 0.25) is 0 Å². The molecule has 0 aromatic carbocycles. The topological polar surface area (TPSA) is 167 Å². The van der Waals surface area contributed by atoms with E-state index in [0.717, 1.165) is 31.1 Å². The Balaban J connectivity index is -0.000000142. The molecule has 54 heavy (non-hydrogen) atoms. The second-order valence-corrected chi connectivity index (χ2v) is 16.1. The number of ether oxygens (including phenoxy) is 3. The second-order valence-electron chi connectivity index (χ2n) is 14.8. The quantitative estimate of drug-likeness (QED) is 0.0608. The number of terminal acetylenes is 2. The maximum absolute atomic E-state index is 12.0. The predicted molar refractivity (Wildman–Crippen MR) is 234 cm³/mol. The van der Waals surface area contributed by atoms with Crippen LogP contribution >= 0.6 is 31.9 Å². The van der Waals surface area contributed by atoms with Crippen molar-refractivity contribution < 1.29 is 39.1 Å². The Hall–Kier alpha value is -1.62. The number of carbonyl (C=O) groups is 2. The third-order valence-corrected chi connectivity index (χ3v) is 6.07. The van der Waals surface area contributed by atoms with E-state index in [0.29, 0.717) is 63.4 Å². The molecule has 12 nitrogen and oxygen atoms in total. The van der Waals surface area contributed by atoms with Gasteiger partial charge in [0.25, 0.3) is 0 Å². The first kappa shape index (κ1) is 64.3. The number of aliphatic hydroxyl groups is 3. The summed E-state index contributed by atoms with van der Waals surface area (Å²) in [5, 5.41) is 29.9. The standard InChI is InChI=1S/C14H25NO3.C11H23NO3.C6H15NO.C3H7BrO.C3H3Br.C3H9N/c1-7-10-17-11-8-9-15(12(2)3)13(16)18-14(4,5)6;1-9(2)12(7-6-8-13)10(14)15-11(3,4)5;1-6(2)7-4-3-5-8;4-2-1-3-5;1-2-3-4;1-3(2)4/h1,12H,8-11H2,2-6H3;9,13H,6-8H2,1-5H3;6-8H,3-5H2,1-2H3;5H,1-3H2;1H,3H2;3H,4H2,1-2H3. The minimum absolute atomic E-state index is 0.0893. The minimum Gasteiger partial charge on any atom is -0.444 e. The van der Waals surface area contributed by atoms with Crippen LogP contribution in [0.4, 0.5) is 9.59 Å². The van der Waals surface area contributed by atoms with E-state index in [2.05, 4.69) is 62.9 Å². The molecule has 2 amide bonds. The summed E-state index contributed by atoms with van der Waals surface area (Å²) in [5.74, 6) is 4.75. The van der Waals surface area contributed by atoms with Crippen molar-refractivity contribution in [2.45, 2.75) is 158 Å². The summed E-state index contributed by atoms with van der Waals surface area (Å²) >= 11 is 6.16. The highest BCUT2D eigenvalue weighted by molar-refractivity contribution is 9.09. The molecule has 6 N–H and O–H groups in total. The van der Waals surface area contributed by atoms with Crippen LogP contribution in [0.25, 0.3) is 0 Å². The number of halogens is 2. The third kappa shape index (κ3) is 65.3. The zero-order chi connectivity index (χ0) is 43.8. The summed E-state index contributed by atoms with van der Waals surface area (Å²) in [5.41, 5.74) is 4.17. The lowest BCUT2D eigenvalue weighted by Gasteiger charge is -2.30. The highest BCUT2D eigenvalue weighted by atomic mass is 79.9. The van der Waals surface area contributed by atoms with Crippen LogP contribution in [-0.4, -0.2) is 136 Å². The van der Waals surface area contributed by atoms with Crippen molar-refractivity contribution >= 4 is 44.0 Å². The highest BCUT2D eigenvalue weighted by Crippen LogP contribution is 2.13. The molecular weight excluding hydrogens is 824 g/mol. The van der Waals surface area contributed by atoms with Crippen LogP contribution in [0, 0.1) is 24.7 Å². The van der Waals surface area contributed by atoms with Crippen molar-refractivity contribution in [2.75, 3.05) is 63.3 Å². The molecule has 0 aromatic heterocycles. The third-order valence-electron chi connectivity index (χ3n) is 5.19. The monoisotopic (exact) mass is 904 g/mol. The number of hydrogen-bond acceptors (Lipinski definition) is 10. The molecule has 0 aliphatic heterocycles. The summed E-state index contributed by atoms with van der Waals surface area (Å²) in [6, 6.07) is 1.07. The van der Waals surface area contributed by atoms with E-state index in [9.17, 15) is 9.59 Å². The second kappa shape index (κ2) is 44.1.